The number of ether oxygens (including phenoxy) is 1. The Kier molecular flexibility index (Phi) is 5.07. The van der Waals surface area contributed by atoms with Crippen molar-refractivity contribution in [2.24, 2.45) is 11.3 Å². The van der Waals surface area contributed by atoms with Gasteiger partial charge in [-0.3, -0.25) is 0 Å². The van der Waals surface area contributed by atoms with Crippen LogP contribution in [0.3, 0.4) is 0 Å². The lowest BCUT2D eigenvalue weighted by molar-refractivity contribution is -0.0863. The molecule has 0 saturated heterocycles. The zero-order chi connectivity index (χ0) is 15.4. The summed E-state index contributed by atoms with van der Waals surface area (Å²) in [5.41, 5.74) is 0.417. The van der Waals surface area contributed by atoms with E-state index in [-0.39, 0.29) is 0 Å². The zero-order valence-electron chi connectivity index (χ0n) is 13.5. The lowest BCUT2D eigenvalue weighted by Gasteiger charge is -2.52. The average Bonchev–Trinajstić information content (AvgIpc) is 3.04. The molecule has 1 aromatic rings. The molecule has 3 rings (SSSR count). The van der Waals surface area contributed by atoms with Gasteiger partial charge in [0.25, 0.3) is 5.17 Å². The van der Waals surface area contributed by atoms with Crippen LogP contribution in [-0.4, -0.2) is 11.3 Å². The number of nitrogens with one attached hydrogen (secondary N) is 1. The first-order valence-corrected chi connectivity index (χ1v) is 9.09. The number of hydrogen-bond acceptors (Lipinski definition) is 3. The molecule has 0 bridgehead atoms. The molecule has 2 aliphatic carbocycles. The Bertz CT molecular complexity index is 477. The first-order chi connectivity index (χ1) is 10.7. The summed E-state index contributed by atoms with van der Waals surface area (Å²) in [6, 6.07) is 3.83. The van der Waals surface area contributed by atoms with Gasteiger partial charge in [-0.25, -0.2) is 0 Å². The molecular weight excluding hydrogens is 294 g/mol. The van der Waals surface area contributed by atoms with Crippen molar-refractivity contribution >= 4 is 17.4 Å². The summed E-state index contributed by atoms with van der Waals surface area (Å²) in [5.74, 6) is 1.83. The maximum Gasteiger partial charge on any atom is 0.257 e. The van der Waals surface area contributed by atoms with Gasteiger partial charge in [-0.15, -0.1) is 0 Å². The van der Waals surface area contributed by atoms with Gasteiger partial charge in [0.2, 0.25) is 0 Å². The SMILES string of the molecule is CCCC1CCC2(CC1)CC[C@H]2OC(=S)NCc1ccco1. The minimum Gasteiger partial charge on any atom is -0.467 e. The number of rotatable bonds is 5. The van der Waals surface area contributed by atoms with Crippen LogP contribution < -0.4 is 5.32 Å². The number of furan rings is 1. The largest absolute Gasteiger partial charge is 0.467 e. The van der Waals surface area contributed by atoms with Crippen LogP contribution >= 0.6 is 12.2 Å². The van der Waals surface area contributed by atoms with Crippen LogP contribution in [0.25, 0.3) is 0 Å². The third kappa shape index (κ3) is 3.48. The summed E-state index contributed by atoms with van der Waals surface area (Å²) in [6.07, 6.45) is 12.6. The molecule has 1 N–H and O–H groups in total. The normalized spacial score (nSPS) is 30.8. The van der Waals surface area contributed by atoms with E-state index in [4.69, 9.17) is 21.4 Å². The number of thiocarbonyl (C=S) groups is 1. The summed E-state index contributed by atoms with van der Waals surface area (Å²) in [7, 11) is 0. The van der Waals surface area contributed by atoms with E-state index in [2.05, 4.69) is 12.2 Å². The topological polar surface area (TPSA) is 34.4 Å². The maximum absolute atomic E-state index is 6.05. The Labute approximate surface area is 138 Å². The predicted octanol–water partition coefficient (Wildman–Crippen LogP) is 4.81. The monoisotopic (exact) mass is 321 g/mol. The van der Waals surface area contributed by atoms with Gasteiger partial charge in [-0.05, 0) is 68.8 Å². The van der Waals surface area contributed by atoms with E-state index in [1.165, 1.54) is 44.9 Å². The summed E-state index contributed by atoms with van der Waals surface area (Å²) in [6.45, 7) is 2.90. The van der Waals surface area contributed by atoms with Gasteiger partial charge in [0.1, 0.15) is 11.9 Å². The van der Waals surface area contributed by atoms with Gasteiger partial charge < -0.3 is 14.5 Å². The van der Waals surface area contributed by atoms with Gasteiger partial charge >= 0.3 is 0 Å². The van der Waals surface area contributed by atoms with Crippen molar-refractivity contribution < 1.29 is 9.15 Å². The molecule has 2 aliphatic rings. The molecule has 4 heteroatoms. The predicted molar refractivity (Wildman–Crippen MR) is 91.6 cm³/mol. The fourth-order valence-corrected chi connectivity index (χ4v) is 4.31. The van der Waals surface area contributed by atoms with Crippen LogP contribution in [0, 0.1) is 11.3 Å². The van der Waals surface area contributed by atoms with Crippen molar-refractivity contribution in [2.45, 2.75) is 70.9 Å². The Morgan fingerprint density at radius 2 is 2.14 bits per heavy atom. The second-order valence-electron chi connectivity index (χ2n) is 6.96. The molecule has 1 aromatic heterocycles. The first-order valence-electron chi connectivity index (χ1n) is 8.69. The third-order valence-electron chi connectivity index (χ3n) is 5.62. The molecule has 0 radical (unpaired) electrons. The second kappa shape index (κ2) is 7.03. The minimum absolute atomic E-state index is 0.326. The molecule has 22 heavy (non-hydrogen) atoms. The van der Waals surface area contributed by atoms with Crippen LogP contribution in [0.1, 0.15) is 64.1 Å². The van der Waals surface area contributed by atoms with E-state index in [0.29, 0.717) is 23.2 Å². The molecule has 3 nitrogen and oxygen atoms in total. The lowest BCUT2D eigenvalue weighted by Crippen LogP contribution is -2.50. The Morgan fingerprint density at radius 1 is 1.36 bits per heavy atom. The smallest absolute Gasteiger partial charge is 0.257 e. The van der Waals surface area contributed by atoms with Gasteiger partial charge in [-0.1, -0.05) is 19.8 Å². The van der Waals surface area contributed by atoms with Gasteiger partial charge in [0.15, 0.2) is 0 Å². The summed E-state index contributed by atoms with van der Waals surface area (Å²) in [4.78, 5) is 0. The Balaban J connectivity index is 1.44. The standard InChI is InChI=1S/C18H27NO2S/c1-2-4-14-6-9-18(10-7-14)11-8-16(18)21-17(22)19-13-15-5-3-12-20-15/h3,5,12,14,16H,2,4,6-11,13H2,1H3,(H,19,22)/t14?,16-,18?/m1/s1. The first kappa shape index (κ1) is 15.9. The Morgan fingerprint density at radius 3 is 2.73 bits per heavy atom. The van der Waals surface area contributed by atoms with Crippen molar-refractivity contribution in [3.05, 3.63) is 24.2 Å². The zero-order valence-corrected chi connectivity index (χ0v) is 14.3. The Hall–Kier alpha value is -1.03. The van der Waals surface area contributed by atoms with E-state index >= 15 is 0 Å². The van der Waals surface area contributed by atoms with Gasteiger partial charge in [0, 0.05) is 5.41 Å². The highest BCUT2D eigenvalue weighted by Crippen LogP contribution is 2.54. The molecule has 1 atom stereocenters. The maximum atomic E-state index is 6.05. The van der Waals surface area contributed by atoms with E-state index < -0.39 is 0 Å². The van der Waals surface area contributed by atoms with Crippen molar-refractivity contribution in [1.82, 2.24) is 5.32 Å². The van der Waals surface area contributed by atoms with E-state index in [1.807, 2.05) is 12.1 Å². The van der Waals surface area contributed by atoms with Crippen molar-refractivity contribution in [3.63, 3.8) is 0 Å². The quantitative estimate of drug-likeness (QED) is 0.789. The molecule has 0 aliphatic heterocycles. The second-order valence-corrected chi connectivity index (χ2v) is 7.33. The highest BCUT2D eigenvalue weighted by atomic mass is 32.1. The van der Waals surface area contributed by atoms with Crippen molar-refractivity contribution in [2.75, 3.05) is 0 Å². The number of hydrogen-bond donors (Lipinski definition) is 1. The average molecular weight is 321 g/mol. The van der Waals surface area contributed by atoms with Crippen LogP contribution in [0.5, 0.6) is 0 Å². The van der Waals surface area contributed by atoms with Gasteiger partial charge in [-0.2, -0.15) is 0 Å². The molecule has 1 heterocycles. The van der Waals surface area contributed by atoms with Crippen molar-refractivity contribution in [3.8, 4) is 0 Å². The highest BCUT2D eigenvalue weighted by molar-refractivity contribution is 7.80. The van der Waals surface area contributed by atoms with Crippen LogP contribution in [0.2, 0.25) is 0 Å². The van der Waals surface area contributed by atoms with E-state index in [0.717, 1.165) is 18.1 Å². The highest BCUT2D eigenvalue weighted by Gasteiger charge is 2.50. The molecule has 0 unspecified atom stereocenters. The summed E-state index contributed by atoms with van der Waals surface area (Å²) in [5, 5.41) is 3.67. The van der Waals surface area contributed by atoms with Crippen molar-refractivity contribution in [1.29, 1.82) is 0 Å². The molecule has 122 valence electrons. The molecule has 0 amide bonds. The molecule has 2 fully saturated rings. The fraction of sp³-hybridized carbons (Fsp3) is 0.722. The summed E-state index contributed by atoms with van der Waals surface area (Å²) < 4.78 is 11.3. The van der Waals surface area contributed by atoms with Gasteiger partial charge in [0.05, 0.1) is 12.8 Å². The molecule has 2 saturated carbocycles. The molecule has 1 spiro atoms. The van der Waals surface area contributed by atoms with Crippen LogP contribution in [-0.2, 0) is 11.3 Å². The minimum atomic E-state index is 0.326. The fourth-order valence-electron chi connectivity index (χ4n) is 4.12. The summed E-state index contributed by atoms with van der Waals surface area (Å²) >= 11 is 5.35. The molecular formula is C18H27NO2S. The van der Waals surface area contributed by atoms with E-state index in [1.54, 1.807) is 6.26 Å². The van der Waals surface area contributed by atoms with E-state index in [9.17, 15) is 0 Å². The lowest BCUT2D eigenvalue weighted by atomic mass is 9.57. The van der Waals surface area contributed by atoms with Crippen LogP contribution in [0.15, 0.2) is 22.8 Å². The molecule has 0 aromatic carbocycles. The third-order valence-corrected chi connectivity index (χ3v) is 5.86. The van der Waals surface area contributed by atoms with Crippen LogP contribution in [0.4, 0.5) is 0 Å².